The van der Waals surface area contributed by atoms with E-state index in [2.05, 4.69) is 0 Å². The monoisotopic (exact) mass is 288 g/mol. The number of furan rings is 1. The molecule has 1 heterocycles. The minimum atomic E-state index is -0.473. The summed E-state index contributed by atoms with van der Waals surface area (Å²) in [5.41, 5.74) is 1.44. The van der Waals surface area contributed by atoms with Gasteiger partial charge < -0.3 is 4.42 Å². The number of Topliss-reactive ketones (excluding diaryl/α,β-unsaturated/α-hetero) is 1. The van der Waals surface area contributed by atoms with E-state index in [0.717, 1.165) is 5.39 Å². The van der Waals surface area contributed by atoms with Crippen molar-refractivity contribution in [2.45, 2.75) is 6.42 Å². The third kappa shape index (κ3) is 2.32. The molecule has 0 aliphatic carbocycles. The summed E-state index contributed by atoms with van der Waals surface area (Å²) in [5.74, 6) is -0.658. The molecule has 0 spiro atoms. The van der Waals surface area contributed by atoms with Gasteiger partial charge in [-0.1, -0.05) is 35.9 Å². The zero-order valence-corrected chi connectivity index (χ0v) is 11.2. The molecule has 3 aromatic rings. The van der Waals surface area contributed by atoms with Gasteiger partial charge in [-0.3, -0.25) is 4.79 Å². The SMILES string of the molecule is O=C(Cc1ccc(Cl)cc1F)c1coc2ccccc12. The summed E-state index contributed by atoms with van der Waals surface area (Å²) < 4.78 is 19.0. The van der Waals surface area contributed by atoms with E-state index in [1.165, 1.54) is 18.4 Å². The molecule has 4 heteroatoms. The van der Waals surface area contributed by atoms with Gasteiger partial charge in [0.05, 0.1) is 5.56 Å². The van der Waals surface area contributed by atoms with Gasteiger partial charge in [0.15, 0.2) is 5.78 Å². The molecule has 0 saturated carbocycles. The van der Waals surface area contributed by atoms with Gasteiger partial charge in [0.25, 0.3) is 0 Å². The molecule has 0 amide bonds. The fourth-order valence-electron chi connectivity index (χ4n) is 2.13. The van der Waals surface area contributed by atoms with Crippen LogP contribution in [0.1, 0.15) is 15.9 Å². The average Bonchev–Trinajstić information content (AvgIpc) is 2.86. The Bertz CT molecular complexity index is 792. The van der Waals surface area contributed by atoms with Crippen molar-refractivity contribution in [3.8, 4) is 0 Å². The summed E-state index contributed by atoms with van der Waals surface area (Å²) >= 11 is 5.69. The number of para-hydroxylation sites is 1. The van der Waals surface area contributed by atoms with E-state index in [4.69, 9.17) is 16.0 Å². The molecule has 0 aliphatic rings. The highest BCUT2D eigenvalue weighted by molar-refractivity contribution is 6.30. The number of hydrogen-bond donors (Lipinski definition) is 0. The molecule has 0 fully saturated rings. The zero-order chi connectivity index (χ0) is 14.1. The predicted octanol–water partition coefficient (Wildman–Crippen LogP) is 4.65. The average molecular weight is 289 g/mol. The molecule has 20 heavy (non-hydrogen) atoms. The number of fused-ring (bicyclic) bond motifs is 1. The number of carbonyl (C=O) groups excluding carboxylic acids is 1. The van der Waals surface area contributed by atoms with Crippen LogP contribution in [0.4, 0.5) is 4.39 Å². The summed E-state index contributed by atoms with van der Waals surface area (Å²) in [6, 6.07) is 11.6. The largest absolute Gasteiger partial charge is 0.464 e. The summed E-state index contributed by atoms with van der Waals surface area (Å²) in [7, 11) is 0. The third-order valence-electron chi connectivity index (χ3n) is 3.15. The number of carbonyl (C=O) groups is 1. The maximum Gasteiger partial charge on any atom is 0.171 e. The summed E-state index contributed by atoms with van der Waals surface area (Å²) in [6.45, 7) is 0. The minimum Gasteiger partial charge on any atom is -0.464 e. The maximum absolute atomic E-state index is 13.7. The summed E-state index contributed by atoms with van der Waals surface area (Å²) in [5, 5.41) is 1.05. The van der Waals surface area contributed by atoms with Gasteiger partial charge in [-0.05, 0) is 23.8 Å². The van der Waals surface area contributed by atoms with Gasteiger partial charge in [-0.2, -0.15) is 0 Å². The first-order valence-corrected chi connectivity index (χ1v) is 6.46. The first kappa shape index (κ1) is 12.9. The number of halogens is 2. The molecule has 100 valence electrons. The van der Waals surface area contributed by atoms with Crippen molar-refractivity contribution < 1.29 is 13.6 Å². The van der Waals surface area contributed by atoms with Crippen molar-refractivity contribution in [3.05, 3.63) is 70.7 Å². The second-order valence-corrected chi connectivity index (χ2v) is 4.92. The smallest absolute Gasteiger partial charge is 0.171 e. The highest BCUT2D eigenvalue weighted by atomic mass is 35.5. The first-order chi connectivity index (χ1) is 9.65. The normalized spacial score (nSPS) is 10.9. The Morgan fingerprint density at radius 3 is 2.80 bits per heavy atom. The van der Waals surface area contributed by atoms with Gasteiger partial charge in [-0.25, -0.2) is 4.39 Å². The first-order valence-electron chi connectivity index (χ1n) is 6.08. The Balaban J connectivity index is 1.93. The lowest BCUT2D eigenvalue weighted by atomic mass is 10.0. The molecule has 3 rings (SSSR count). The Labute approximate surface area is 119 Å². The second-order valence-electron chi connectivity index (χ2n) is 4.48. The van der Waals surface area contributed by atoms with E-state index in [1.807, 2.05) is 18.2 Å². The molecule has 1 aromatic heterocycles. The third-order valence-corrected chi connectivity index (χ3v) is 3.38. The maximum atomic E-state index is 13.7. The van der Waals surface area contributed by atoms with Crippen LogP contribution in [0.2, 0.25) is 5.02 Å². The number of ketones is 1. The summed E-state index contributed by atoms with van der Waals surface area (Å²) in [6.07, 6.45) is 1.40. The molecule has 0 N–H and O–H groups in total. The predicted molar refractivity (Wildman–Crippen MR) is 75.7 cm³/mol. The number of rotatable bonds is 3. The molecule has 0 unspecified atom stereocenters. The van der Waals surface area contributed by atoms with E-state index < -0.39 is 5.82 Å². The molecule has 0 atom stereocenters. The molecular weight excluding hydrogens is 279 g/mol. The number of hydrogen-bond acceptors (Lipinski definition) is 2. The van der Waals surface area contributed by atoms with Gasteiger partial charge in [0.1, 0.15) is 17.7 Å². The minimum absolute atomic E-state index is 0.0213. The van der Waals surface area contributed by atoms with E-state index >= 15 is 0 Å². The van der Waals surface area contributed by atoms with Crippen molar-refractivity contribution >= 4 is 28.4 Å². The lowest BCUT2D eigenvalue weighted by Crippen LogP contribution is -2.04. The Kier molecular flexibility index (Phi) is 3.28. The molecule has 0 aliphatic heterocycles. The molecule has 2 aromatic carbocycles. The molecule has 0 saturated heterocycles. The highest BCUT2D eigenvalue weighted by Crippen LogP contribution is 2.23. The topological polar surface area (TPSA) is 30.2 Å². The van der Waals surface area contributed by atoms with Crippen LogP contribution in [0.25, 0.3) is 11.0 Å². The van der Waals surface area contributed by atoms with Gasteiger partial charge >= 0.3 is 0 Å². The Morgan fingerprint density at radius 2 is 2.00 bits per heavy atom. The van der Waals surface area contributed by atoms with Crippen LogP contribution in [0, 0.1) is 5.82 Å². The van der Waals surface area contributed by atoms with Gasteiger partial charge in [-0.15, -0.1) is 0 Å². The standard InChI is InChI=1S/C16H10ClFO2/c17-11-6-5-10(14(18)8-11)7-15(19)13-9-20-16-4-2-1-3-12(13)16/h1-6,8-9H,7H2. The van der Waals surface area contributed by atoms with E-state index in [1.54, 1.807) is 12.1 Å². The zero-order valence-electron chi connectivity index (χ0n) is 10.4. The Morgan fingerprint density at radius 1 is 1.20 bits per heavy atom. The van der Waals surface area contributed by atoms with Gasteiger partial charge in [0, 0.05) is 16.8 Å². The van der Waals surface area contributed by atoms with Crippen LogP contribution < -0.4 is 0 Å². The highest BCUT2D eigenvalue weighted by Gasteiger charge is 2.15. The van der Waals surface area contributed by atoms with Crippen LogP contribution in [0.5, 0.6) is 0 Å². The molecule has 2 nitrogen and oxygen atoms in total. The van der Waals surface area contributed by atoms with E-state index in [0.29, 0.717) is 21.7 Å². The fraction of sp³-hybridized carbons (Fsp3) is 0.0625. The van der Waals surface area contributed by atoms with Crippen LogP contribution in [0.15, 0.2) is 53.1 Å². The lowest BCUT2D eigenvalue weighted by molar-refractivity contribution is 0.0992. The van der Waals surface area contributed by atoms with Crippen molar-refractivity contribution in [3.63, 3.8) is 0 Å². The van der Waals surface area contributed by atoms with Crippen LogP contribution in [-0.4, -0.2) is 5.78 Å². The molecule has 0 bridgehead atoms. The molecular formula is C16H10ClFO2. The quantitative estimate of drug-likeness (QED) is 0.657. The van der Waals surface area contributed by atoms with Crippen LogP contribution in [0.3, 0.4) is 0 Å². The lowest BCUT2D eigenvalue weighted by Gasteiger charge is -2.02. The van der Waals surface area contributed by atoms with Gasteiger partial charge in [0.2, 0.25) is 0 Å². The van der Waals surface area contributed by atoms with Crippen LogP contribution in [-0.2, 0) is 6.42 Å². The Hall–Kier alpha value is -2.13. The van der Waals surface area contributed by atoms with Crippen LogP contribution >= 0.6 is 11.6 Å². The van der Waals surface area contributed by atoms with Crippen molar-refractivity contribution in [1.29, 1.82) is 0 Å². The molecule has 0 radical (unpaired) electrons. The van der Waals surface area contributed by atoms with Crippen molar-refractivity contribution in [2.75, 3.05) is 0 Å². The summed E-state index contributed by atoms with van der Waals surface area (Å²) in [4.78, 5) is 12.3. The van der Waals surface area contributed by atoms with Crippen molar-refractivity contribution in [2.24, 2.45) is 0 Å². The number of benzene rings is 2. The van der Waals surface area contributed by atoms with E-state index in [9.17, 15) is 9.18 Å². The van der Waals surface area contributed by atoms with Crippen molar-refractivity contribution in [1.82, 2.24) is 0 Å². The van der Waals surface area contributed by atoms with E-state index in [-0.39, 0.29) is 12.2 Å². The fourth-order valence-corrected chi connectivity index (χ4v) is 2.29. The second kappa shape index (κ2) is 5.10.